The fourth-order valence-corrected chi connectivity index (χ4v) is 3.09. The molecule has 2 nitrogen and oxygen atoms in total. The van der Waals surface area contributed by atoms with Crippen molar-refractivity contribution < 1.29 is 0 Å². The second kappa shape index (κ2) is 7.37. The average Bonchev–Trinajstić information content (AvgIpc) is 2.44. The largest absolute Gasteiger partial charge is 0.310 e. The topological polar surface area (TPSA) is 24.9 Å². The van der Waals surface area contributed by atoms with Crippen LogP contribution in [0.5, 0.6) is 0 Å². The molecule has 112 valence electrons. The van der Waals surface area contributed by atoms with Crippen LogP contribution in [0, 0.1) is 20.8 Å². The van der Waals surface area contributed by atoms with E-state index in [2.05, 4.69) is 62.3 Å². The first-order valence-corrected chi connectivity index (χ1v) is 7.81. The van der Waals surface area contributed by atoms with E-state index >= 15 is 0 Å². The van der Waals surface area contributed by atoms with E-state index in [0.29, 0.717) is 6.04 Å². The van der Waals surface area contributed by atoms with Crippen molar-refractivity contribution >= 4 is 0 Å². The van der Waals surface area contributed by atoms with E-state index in [-0.39, 0.29) is 0 Å². The van der Waals surface area contributed by atoms with Crippen molar-refractivity contribution in [3.05, 3.63) is 64.5 Å². The van der Waals surface area contributed by atoms with Crippen molar-refractivity contribution in [3.8, 4) is 0 Å². The molecular weight excluding hydrogens is 256 g/mol. The van der Waals surface area contributed by atoms with Gasteiger partial charge in [-0.05, 0) is 74.5 Å². The summed E-state index contributed by atoms with van der Waals surface area (Å²) in [6.45, 7) is 9.87. The fraction of sp³-hybridized carbons (Fsp3) is 0.421. The minimum Gasteiger partial charge on any atom is -0.310 e. The van der Waals surface area contributed by atoms with Crippen molar-refractivity contribution in [1.29, 1.82) is 0 Å². The molecule has 2 rings (SSSR count). The van der Waals surface area contributed by atoms with Crippen LogP contribution in [0.15, 0.2) is 36.7 Å². The van der Waals surface area contributed by atoms with Gasteiger partial charge in [-0.3, -0.25) is 4.98 Å². The zero-order chi connectivity index (χ0) is 15.2. The molecule has 0 saturated carbocycles. The molecule has 1 atom stereocenters. The Morgan fingerprint density at radius 3 is 2.24 bits per heavy atom. The first kappa shape index (κ1) is 15.7. The van der Waals surface area contributed by atoms with Crippen molar-refractivity contribution in [2.75, 3.05) is 6.54 Å². The van der Waals surface area contributed by atoms with Crippen molar-refractivity contribution in [2.24, 2.45) is 0 Å². The van der Waals surface area contributed by atoms with Crippen molar-refractivity contribution in [2.45, 2.75) is 46.6 Å². The lowest BCUT2D eigenvalue weighted by molar-refractivity contribution is 0.524. The van der Waals surface area contributed by atoms with Gasteiger partial charge >= 0.3 is 0 Å². The van der Waals surface area contributed by atoms with Crippen molar-refractivity contribution in [1.82, 2.24) is 10.3 Å². The molecule has 0 radical (unpaired) electrons. The van der Waals surface area contributed by atoms with E-state index in [1.807, 2.05) is 12.4 Å². The predicted octanol–water partition coefficient (Wildman–Crippen LogP) is 4.29. The van der Waals surface area contributed by atoms with Crippen LogP contribution in [-0.2, 0) is 6.42 Å². The Labute approximate surface area is 128 Å². The number of benzene rings is 1. The SMILES string of the molecule is CCCNC(Cc1ccncc1)c1c(C)cc(C)cc1C. The first-order chi connectivity index (χ1) is 10.1. The Balaban J connectivity index is 2.32. The van der Waals surface area contributed by atoms with E-state index in [9.17, 15) is 0 Å². The third-order valence-corrected chi connectivity index (χ3v) is 3.92. The molecule has 0 amide bonds. The molecule has 21 heavy (non-hydrogen) atoms. The van der Waals surface area contributed by atoms with Gasteiger partial charge in [-0.25, -0.2) is 0 Å². The third kappa shape index (κ3) is 4.15. The Hall–Kier alpha value is -1.67. The zero-order valence-electron chi connectivity index (χ0n) is 13.6. The van der Waals surface area contributed by atoms with E-state index in [1.54, 1.807) is 0 Å². The summed E-state index contributed by atoms with van der Waals surface area (Å²) in [7, 11) is 0. The molecule has 0 saturated heterocycles. The normalized spacial score (nSPS) is 12.4. The molecule has 2 heteroatoms. The highest BCUT2D eigenvalue weighted by atomic mass is 14.9. The summed E-state index contributed by atoms with van der Waals surface area (Å²) in [5, 5.41) is 3.71. The summed E-state index contributed by atoms with van der Waals surface area (Å²) in [5.74, 6) is 0. The fourth-order valence-electron chi connectivity index (χ4n) is 3.09. The maximum Gasteiger partial charge on any atom is 0.0366 e. The van der Waals surface area contributed by atoms with Crippen LogP contribution in [0.3, 0.4) is 0 Å². The maximum absolute atomic E-state index is 4.11. The molecule has 2 aromatic rings. The molecule has 1 aromatic heterocycles. The summed E-state index contributed by atoms with van der Waals surface area (Å²) < 4.78 is 0. The maximum atomic E-state index is 4.11. The number of aromatic nitrogens is 1. The van der Waals surface area contributed by atoms with Gasteiger partial charge in [0.25, 0.3) is 0 Å². The number of nitrogens with zero attached hydrogens (tertiary/aromatic N) is 1. The Bertz CT molecular complexity index is 552. The Morgan fingerprint density at radius 1 is 1.05 bits per heavy atom. The zero-order valence-corrected chi connectivity index (χ0v) is 13.6. The number of rotatable bonds is 6. The summed E-state index contributed by atoms with van der Waals surface area (Å²) in [6.07, 6.45) is 5.91. The van der Waals surface area contributed by atoms with E-state index in [4.69, 9.17) is 0 Å². The standard InChI is InChI=1S/C19H26N2/c1-5-8-21-18(13-17-6-9-20-10-7-17)19-15(3)11-14(2)12-16(19)4/h6-7,9-12,18,21H,5,8,13H2,1-4H3. The third-order valence-electron chi connectivity index (χ3n) is 3.92. The highest BCUT2D eigenvalue weighted by Gasteiger charge is 2.16. The van der Waals surface area contributed by atoms with Crippen LogP contribution in [0.4, 0.5) is 0 Å². The summed E-state index contributed by atoms with van der Waals surface area (Å²) in [5.41, 5.74) is 6.89. The highest BCUT2D eigenvalue weighted by Crippen LogP contribution is 2.26. The quantitative estimate of drug-likeness (QED) is 0.855. The van der Waals surface area contributed by atoms with Gasteiger partial charge in [-0.1, -0.05) is 24.6 Å². The number of nitrogens with one attached hydrogen (secondary N) is 1. The van der Waals surface area contributed by atoms with Gasteiger partial charge in [0.1, 0.15) is 0 Å². The molecular formula is C19H26N2. The molecule has 1 heterocycles. The molecule has 1 N–H and O–H groups in total. The van der Waals surface area contributed by atoms with Gasteiger partial charge in [0.15, 0.2) is 0 Å². The number of hydrogen-bond acceptors (Lipinski definition) is 2. The van der Waals surface area contributed by atoms with Crippen LogP contribution >= 0.6 is 0 Å². The van der Waals surface area contributed by atoms with Crippen LogP contribution < -0.4 is 5.32 Å². The predicted molar refractivity (Wildman–Crippen MR) is 89.6 cm³/mol. The molecule has 0 fully saturated rings. The smallest absolute Gasteiger partial charge is 0.0366 e. The lowest BCUT2D eigenvalue weighted by Crippen LogP contribution is -2.25. The van der Waals surface area contributed by atoms with E-state index in [0.717, 1.165) is 19.4 Å². The van der Waals surface area contributed by atoms with Gasteiger partial charge < -0.3 is 5.32 Å². The van der Waals surface area contributed by atoms with Crippen molar-refractivity contribution in [3.63, 3.8) is 0 Å². The summed E-state index contributed by atoms with van der Waals surface area (Å²) in [4.78, 5) is 4.11. The molecule has 0 aliphatic carbocycles. The van der Waals surface area contributed by atoms with Gasteiger partial charge in [0.2, 0.25) is 0 Å². The molecule has 1 unspecified atom stereocenters. The number of pyridine rings is 1. The highest BCUT2D eigenvalue weighted by molar-refractivity contribution is 5.40. The molecule has 1 aromatic carbocycles. The van der Waals surface area contributed by atoms with Crippen LogP contribution in [0.25, 0.3) is 0 Å². The minimum atomic E-state index is 0.368. The Morgan fingerprint density at radius 2 is 1.67 bits per heavy atom. The van der Waals surface area contributed by atoms with Crippen LogP contribution in [-0.4, -0.2) is 11.5 Å². The molecule has 0 aliphatic rings. The number of hydrogen-bond donors (Lipinski definition) is 1. The van der Waals surface area contributed by atoms with Crippen LogP contribution in [0.1, 0.15) is 47.2 Å². The van der Waals surface area contributed by atoms with E-state index < -0.39 is 0 Å². The lowest BCUT2D eigenvalue weighted by atomic mass is 9.90. The first-order valence-electron chi connectivity index (χ1n) is 7.81. The monoisotopic (exact) mass is 282 g/mol. The number of aryl methyl sites for hydroxylation is 3. The summed E-state index contributed by atoms with van der Waals surface area (Å²) >= 11 is 0. The molecule has 0 aliphatic heterocycles. The van der Waals surface area contributed by atoms with Gasteiger partial charge in [0, 0.05) is 18.4 Å². The lowest BCUT2D eigenvalue weighted by Gasteiger charge is -2.23. The van der Waals surface area contributed by atoms with Gasteiger partial charge in [0.05, 0.1) is 0 Å². The average molecular weight is 282 g/mol. The van der Waals surface area contributed by atoms with Gasteiger partial charge in [-0.2, -0.15) is 0 Å². The van der Waals surface area contributed by atoms with Gasteiger partial charge in [-0.15, -0.1) is 0 Å². The minimum absolute atomic E-state index is 0.368. The molecule has 0 bridgehead atoms. The van der Waals surface area contributed by atoms with Crippen LogP contribution in [0.2, 0.25) is 0 Å². The Kier molecular flexibility index (Phi) is 5.51. The second-order valence-electron chi connectivity index (χ2n) is 5.88. The molecule has 0 spiro atoms. The second-order valence-corrected chi connectivity index (χ2v) is 5.88. The van der Waals surface area contributed by atoms with E-state index in [1.165, 1.54) is 27.8 Å². The summed E-state index contributed by atoms with van der Waals surface area (Å²) in [6, 6.07) is 9.16.